The van der Waals surface area contributed by atoms with E-state index in [1.807, 2.05) is 6.92 Å². The van der Waals surface area contributed by atoms with Crippen LogP contribution in [-0.4, -0.2) is 13.1 Å². The van der Waals surface area contributed by atoms with E-state index in [2.05, 4.69) is 36.5 Å². The molecule has 0 amide bonds. The summed E-state index contributed by atoms with van der Waals surface area (Å²) < 4.78 is 18.8. The Morgan fingerprint density at radius 3 is 2.43 bits per heavy atom. The number of benzene rings is 2. The lowest BCUT2D eigenvalue weighted by Gasteiger charge is -2.10. The molecule has 0 aliphatic rings. The molecule has 0 radical (unpaired) electrons. The van der Waals surface area contributed by atoms with Gasteiger partial charge in [-0.1, -0.05) is 31.2 Å². The summed E-state index contributed by atoms with van der Waals surface area (Å²) in [7, 11) is 0. The first-order valence-electron chi connectivity index (χ1n) is 7.36. The van der Waals surface area contributed by atoms with Crippen LogP contribution >= 0.6 is 0 Å². The summed E-state index contributed by atoms with van der Waals surface area (Å²) in [6.07, 6.45) is 1.03. The molecule has 0 aliphatic carbocycles. The maximum Gasteiger partial charge on any atom is 0.123 e. The fraction of sp³-hybridized carbons (Fsp3) is 0.333. The molecular formula is C18H22FNO. The summed E-state index contributed by atoms with van der Waals surface area (Å²) >= 11 is 0. The predicted octanol–water partition coefficient (Wildman–Crippen LogP) is 3.87. The van der Waals surface area contributed by atoms with Crippen molar-refractivity contribution >= 4 is 0 Å². The molecule has 0 bridgehead atoms. The van der Waals surface area contributed by atoms with E-state index in [-0.39, 0.29) is 5.82 Å². The normalized spacial score (nSPS) is 10.6. The number of ether oxygens (including phenoxy) is 1. The van der Waals surface area contributed by atoms with E-state index in [0.717, 1.165) is 36.4 Å². The van der Waals surface area contributed by atoms with Gasteiger partial charge in [0.05, 0.1) is 0 Å². The fourth-order valence-electron chi connectivity index (χ4n) is 2.15. The maximum absolute atomic E-state index is 13.0. The third-order valence-corrected chi connectivity index (χ3v) is 3.39. The zero-order valence-electron chi connectivity index (χ0n) is 12.7. The van der Waals surface area contributed by atoms with Crippen LogP contribution in [0, 0.1) is 12.7 Å². The van der Waals surface area contributed by atoms with Gasteiger partial charge in [-0.3, -0.25) is 0 Å². The lowest BCUT2D eigenvalue weighted by Crippen LogP contribution is -2.15. The minimum Gasteiger partial charge on any atom is -0.489 e. The first-order valence-corrected chi connectivity index (χ1v) is 7.36. The van der Waals surface area contributed by atoms with Gasteiger partial charge >= 0.3 is 0 Å². The van der Waals surface area contributed by atoms with Crippen molar-refractivity contribution in [3.8, 4) is 5.75 Å². The smallest absolute Gasteiger partial charge is 0.123 e. The fourth-order valence-corrected chi connectivity index (χ4v) is 2.15. The SMILES string of the molecule is CCNCCc1ccc(COc2ccc(F)cc2C)cc1. The molecule has 0 aliphatic heterocycles. The quantitative estimate of drug-likeness (QED) is 0.781. The maximum atomic E-state index is 13.0. The van der Waals surface area contributed by atoms with Crippen LogP contribution in [0.5, 0.6) is 5.75 Å². The third kappa shape index (κ3) is 4.87. The largest absolute Gasteiger partial charge is 0.489 e. The Kier molecular flexibility index (Phi) is 5.76. The van der Waals surface area contributed by atoms with Crippen LogP contribution in [0.2, 0.25) is 0 Å². The molecular weight excluding hydrogens is 265 g/mol. The molecule has 2 aromatic rings. The Balaban J connectivity index is 1.88. The van der Waals surface area contributed by atoms with Crippen molar-refractivity contribution in [1.29, 1.82) is 0 Å². The summed E-state index contributed by atoms with van der Waals surface area (Å²) in [6, 6.07) is 13.0. The molecule has 112 valence electrons. The summed E-state index contributed by atoms with van der Waals surface area (Å²) in [6.45, 7) is 6.46. The number of hydrogen-bond acceptors (Lipinski definition) is 2. The molecule has 3 heteroatoms. The van der Waals surface area contributed by atoms with Crippen LogP contribution < -0.4 is 10.1 Å². The van der Waals surface area contributed by atoms with Gasteiger partial charge in [0.2, 0.25) is 0 Å². The third-order valence-electron chi connectivity index (χ3n) is 3.39. The zero-order valence-corrected chi connectivity index (χ0v) is 12.7. The number of rotatable bonds is 7. The standard InChI is InChI=1S/C18H22FNO/c1-3-20-11-10-15-4-6-16(7-5-15)13-21-18-9-8-17(19)12-14(18)2/h4-9,12,20H,3,10-11,13H2,1-2H3. The molecule has 0 aromatic heterocycles. The van der Waals surface area contributed by atoms with Gasteiger partial charge in [0.15, 0.2) is 0 Å². The number of aryl methyl sites for hydroxylation is 1. The number of likely N-dealkylation sites (N-methyl/N-ethyl adjacent to an activating group) is 1. The van der Waals surface area contributed by atoms with Crippen molar-refractivity contribution in [2.75, 3.05) is 13.1 Å². The second-order valence-corrected chi connectivity index (χ2v) is 5.12. The minimum atomic E-state index is -0.232. The van der Waals surface area contributed by atoms with Crippen molar-refractivity contribution < 1.29 is 9.13 Å². The van der Waals surface area contributed by atoms with E-state index in [1.54, 1.807) is 6.07 Å². The first-order chi connectivity index (χ1) is 10.2. The van der Waals surface area contributed by atoms with E-state index in [9.17, 15) is 4.39 Å². The van der Waals surface area contributed by atoms with Gasteiger partial charge < -0.3 is 10.1 Å². The first kappa shape index (κ1) is 15.5. The summed E-state index contributed by atoms with van der Waals surface area (Å²) in [4.78, 5) is 0. The second-order valence-electron chi connectivity index (χ2n) is 5.12. The van der Waals surface area contributed by atoms with Crippen LogP contribution in [0.25, 0.3) is 0 Å². The molecule has 0 fully saturated rings. The molecule has 2 aromatic carbocycles. The Labute approximate surface area is 126 Å². The average Bonchev–Trinajstić information content (AvgIpc) is 2.48. The zero-order chi connectivity index (χ0) is 15.1. The molecule has 0 heterocycles. The van der Waals surface area contributed by atoms with Crippen LogP contribution in [0.3, 0.4) is 0 Å². The van der Waals surface area contributed by atoms with Gasteiger partial charge in [0, 0.05) is 0 Å². The Hall–Kier alpha value is -1.87. The van der Waals surface area contributed by atoms with Gasteiger partial charge in [0.1, 0.15) is 18.2 Å². The van der Waals surface area contributed by atoms with Crippen molar-refractivity contribution in [3.63, 3.8) is 0 Å². The molecule has 21 heavy (non-hydrogen) atoms. The molecule has 0 unspecified atom stereocenters. The summed E-state index contributed by atoms with van der Waals surface area (Å²) in [5.74, 6) is 0.498. The number of nitrogens with one attached hydrogen (secondary N) is 1. The van der Waals surface area contributed by atoms with Crippen LogP contribution in [0.4, 0.5) is 4.39 Å². The summed E-state index contributed by atoms with van der Waals surface area (Å²) in [5, 5.41) is 3.31. The Morgan fingerprint density at radius 2 is 1.76 bits per heavy atom. The van der Waals surface area contributed by atoms with Crippen molar-refractivity contribution in [3.05, 3.63) is 65.0 Å². The highest BCUT2D eigenvalue weighted by atomic mass is 19.1. The van der Waals surface area contributed by atoms with Crippen molar-refractivity contribution in [2.24, 2.45) is 0 Å². The molecule has 2 nitrogen and oxygen atoms in total. The van der Waals surface area contributed by atoms with E-state index in [1.165, 1.54) is 17.7 Å². The molecule has 2 rings (SSSR count). The molecule has 0 spiro atoms. The van der Waals surface area contributed by atoms with E-state index in [0.29, 0.717) is 6.61 Å². The number of halogens is 1. The highest BCUT2D eigenvalue weighted by Gasteiger charge is 2.02. The topological polar surface area (TPSA) is 21.3 Å². The highest BCUT2D eigenvalue weighted by molar-refractivity contribution is 5.33. The average molecular weight is 287 g/mol. The van der Waals surface area contributed by atoms with Gasteiger partial charge in [-0.2, -0.15) is 0 Å². The number of hydrogen-bond donors (Lipinski definition) is 1. The van der Waals surface area contributed by atoms with Crippen LogP contribution in [0.1, 0.15) is 23.6 Å². The van der Waals surface area contributed by atoms with Gasteiger partial charge in [-0.25, -0.2) is 4.39 Å². The summed E-state index contributed by atoms with van der Waals surface area (Å²) in [5.41, 5.74) is 3.25. The lowest BCUT2D eigenvalue weighted by atomic mass is 10.1. The Bertz CT molecular complexity index is 566. The van der Waals surface area contributed by atoms with Gasteiger partial charge in [0.25, 0.3) is 0 Å². The molecule has 1 N–H and O–H groups in total. The van der Waals surface area contributed by atoms with Crippen LogP contribution in [-0.2, 0) is 13.0 Å². The molecule has 0 saturated heterocycles. The minimum absolute atomic E-state index is 0.232. The van der Waals surface area contributed by atoms with E-state index in [4.69, 9.17) is 4.74 Å². The van der Waals surface area contributed by atoms with Crippen molar-refractivity contribution in [1.82, 2.24) is 5.32 Å². The predicted molar refractivity (Wildman–Crippen MR) is 84.2 cm³/mol. The van der Waals surface area contributed by atoms with Gasteiger partial charge in [-0.05, 0) is 61.3 Å². The molecule has 0 saturated carbocycles. The van der Waals surface area contributed by atoms with E-state index < -0.39 is 0 Å². The van der Waals surface area contributed by atoms with E-state index >= 15 is 0 Å². The van der Waals surface area contributed by atoms with Crippen molar-refractivity contribution in [2.45, 2.75) is 26.9 Å². The van der Waals surface area contributed by atoms with Crippen LogP contribution in [0.15, 0.2) is 42.5 Å². The monoisotopic (exact) mass is 287 g/mol. The lowest BCUT2D eigenvalue weighted by molar-refractivity contribution is 0.303. The van der Waals surface area contributed by atoms with Gasteiger partial charge in [-0.15, -0.1) is 0 Å². The Morgan fingerprint density at radius 1 is 1.05 bits per heavy atom. The molecule has 0 atom stereocenters. The highest BCUT2D eigenvalue weighted by Crippen LogP contribution is 2.19. The second kappa shape index (κ2) is 7.79.